The minimum atomic E-state index is -0.507. The van der Waals surface area contributed by atoms with Gasteiger partial charge in [-0.05, 0) is 66.6 Å². The average Bonchev–Trinajstić information content (AvgIpc) is 2.62. The van der Waals surface area contributed by atoms with Crippen molar-refractivity contribution in [2.45, 2.75) is 59.5 Å². The summed E-state index contributed by atoms with van der Waals surface area (Å²) in [6, 6.07) is 14.1. The molecule has 28 heavy (non-hydrogen) atoms. The first-order valence-electron chi connectivity index (χ1n) is 9.95. The Hall–Kier alpha value is -2.49. The lowest BCUT2D eigenvalue weighted by molar-refractivity contribution is -0.128. The lowest BCUT2D eigenvalue weighted by Gasteiger charge is -2.19. The van der Waals surface area contributed by atoms with E-state index in [-0.39, 0.29) is 11.3 Å². The van der Waals surface area contributed by atoms with Crippen molar-refractivity contribution < 1.29 is 14.3 Å². The summed E-state index contributed by atoms with van der Waals surface area (Å²) in [5.41, 5.74) is 3.63. The Kier molecular flexibility index (Phi) is 7.50. The molecule has 1 amide bonds. The normalized spacial score (nSPS) is 12.4. The minimum absolute atomic E-state index is 0.117. The number of carbonyl (C=O) groups is 1. The standard InChI is InChI=1S/C24H33NO3/c1-7-22(28-21-15-17(2)14-18(3)16-21)23(26)25-12-13-27-20-10-8-19(9-11-20)24(4,5)6/h8-11,14-16,22H,7,12-13H2,1-6H3,(H,25,26). The van der Waals surface area contributed by atoms with Crippen molar-refractivity contribution in [1.82, 2.24) is 5.32 Å². The minimum Gasteiger partial charge on any atom is -0.492 e. The van der Waals surface area contributed by atoms with Crippen LogP contribution in [0.3, 0.4) is 0 Å². The van der Waals surface area contributed by atoms with Crippen molar-refractivity contribution in [3.63, 3.8) is 0 Å². The molecule has 2 aromatic carbocycles. The molecule has 4 heteroatoms. The second-order valence-corrected chi connectivity index (χ2v) is 8.25. The Morgan fingerprint density at radius 3 is 2.14 bits per heavy atom. The van der Waals surface area contributed by atoms with E-state index >= 15 is 0 Å². The summed E-state index contributed by atoms with van der Waals surface area (Å²) in [4.78, 5) is 12.4. The van der Waals surface area contributed by atoms with E-state index in [9.17, 15) is 4.79 Å². The summed E-state index contributed by atoms with van der Waals surface area (Å²) in [6.45, 7) is 13.4. The smallest absolute Gasteiger partial charge is 0.261 e. The number of ether oxygens (including phenoxy) is 2. The van der Waals surface area contributed by atoms with Gasteiger partial charge in [0.05, 0.1) is 6.54 Å². The van der Waals surface area contributed by atoms with Gasteiger partial charge in [-0.1, -0.05) is 45.9 Å². The number of amides is 1. The van der Waals surface area contributed by atoms with Crippen molar-refractivity contribution in [3.8, 4) is 11.5 Å². The summed E-state index contributed by atoms with van der Waals surface area (Å²) < 4.78 is 11.6. The van der Waals surface area contributed by atoms with Crippen LogP contribution in [0.4, 0.5) is 0 Å². The van der Waals surface area contributed by atoms with Gasteiger partial charge in [0.15, 0.2) is 6.10 Å². The van der Waals surface area contributed by atoms with Crippen LogP contribution in [-0.2, 0) is 10.2 Å². The van der Waals surface area contributed by atoms with Crippen LogP contribution in [0.1, 0.15) is 50.8 Å². The zero-order chi connectivity index (χ0) is 20.7. The third-order valence-electron chi connectivity index (χ3n) is 4.53. The highest BCUT2D eigenvalue weighted by Crippen LogP contribution is 2.24. The summed E-state index contributed by atoms with van der Waals surface area (Å²) in [6.07, 6.45) is 0.0979. The van der Waals surface area contributed by atoms with Crippen LogP contribution in [0, 0.1) is 13.8 Å². The molecule has 0 saturated carbocycles. The molecule has 0 fully saturated rings. The number of hydrogen-bond acceptors (Lipinski definition) is 3. The first kappa shape index (κ1) is 21.8. The fourth-order valence-corrected chi connectivity index (χ4v) is 3.00. The molecule has 2 aromatic rings. The van der Waals surface area contributed by atoms with Gasteiger partial charge in [0.25, 0.3) is 5.91 Å². The Labute approximate surface area is 169 Å². The molecule has 1 N–H and O–H groups in total. The molecule has 0 aliphatic heterocycles. The highest BCUT2D eigenvalue weighted by atomic mass is 16.5. The van der Waals surface area contributed by atoms with Gasteiger partial charge in [0.2, 0.25) is 0 Å². The summed E-state index contributed by atoms with van der Waals surface area (Å²) in [7, 11) is 0. The largest absolute Gasteiger partial charge is 0.492 e. The van der Waals surface area contributed by atoms with E-state index in [0.29, 0.717) is 19.6 Å². The summed E-state index contributed by atoms with van der Waals surface area (Å²) in [5, 5.41) is 2.90. The fourth-order valence-electron chi connectivity index (χ4n) is 3.00. The molecule has 0 aliphatic carbocycles. The first-order valence-corrected chi connectivity index (χ1v) is 9.95. The van der Waals surface area contributed by atoms with Gasteiger partial charge in [0.1, 0.15) is 18.1 Å². The van der Waals surface area contributed by atoms with E-state index in [1.807, 2.05) is 45.0 Å². The number of rotatable bonds is 8. The molecule has 4 nitrogen and oxygen atoms in total. The van der Waals surface area contributed by atoms with Gasteiger partial charge < -0.3 is 14.8 Å². The zero-order valence-electron chi connectivity index (χ0n) is 18.0. The third-order valence-corrected chi connectivity index (χ3v) is 4.53. The van der Waals surface area contributed by atoms with E-state index in [4.69, 9.17) is 9.47 Å². The van der Waals surface area contributed by atoms with Gasteiger partial charge in [-0.3, -0.25) is 4.79 Å². The monoisotopic (exact) mass is 383 g/mol. The second kappa shape index (κ2) is 9.63. The van der Waals surface area contributed by atoms with Crippen LogP contribution >= 0.6 is 0 Å². The van der Waals surface area contributed by atoms with E-state index in [1.165, 1.54) is 5.56 Å². The van der Waals surface area contributed by atoms with Crippen molar-refractivity contribution in [2.75, 3.05) is 13.2 Å². The molecule has 0 aliphatic rings. The molecule has 0 spiro atoms. The molecular formula is C24H33NO3. The molecule has 2 rings (SSSR count). The highest BCUT2D eigenvalue weighted by Gasteiger charge is 2.18. The molecule has 152 valence electrons. The number of nitrogens with one attached hydrogen (secondary N) is 1. The maximum atomic E-state index is 12.4. The van der Waals surface area contributed by atoms with E-state index in [0.717, 1.165) is 22.6 Å². The van der Waals surface area contributed by atoms with Gasteiger partial charge in [-0.2, -0.15) is 0 Å². The van der Waals surface area contributed by atoms with Crippen LogP contribution in [0.15, 0.2) is 42.5 Å². The topological polar surface area (TPSA) is 47.6 Å². The Morgan fingerprint density at radius 2 is 1.61 bits per heavy atom. The Morgan fingerprint density at radius 1 is 1.00 bits per heavy atom. The molecule has 0 bridgehead atoms. The molecule has 0 saturated heterocycles. The maximum Gasteiger partial charge on any atom is 0.261 e. The average molecular weight is 384 g/mol. The quantitative estimate of drug-likeness (QED) is 0.656. The lowest BCUT2D eigenvalue weighted by Crippen LogP contribution is -2.39. The molecule has 0 aromatic heterocycles. The van der Waals surface area contributed by atoms with Crippen LogP contribution in [0.25, 0.3) is 0 Å². The predicted octanol–water partition coefficient (Wildman–Crippen LogP) is 4.95. The van der Waals surface area contributed by atoms with E-state index in [2.05, 4.69) is 44.3 Å². The number of carbonyl (C=O) groups excluding carboxylic acids is 1. The van der Waals surface area contributed by atoms with Gasteiger partial charge in [-0.25, -0.2) is 0 Å². The molecular weight excluding hydrogens is 350 g/mol. The van der Waals surface area contributed by atoms with E-state index < -0.39 is 6.10 Å². The highest BCUT2D eigenvalue weighted by molar-refractivity contribution is 5.81. The van der Waals surface area contributed by atoms with Gasteiger partial charge >= 0.3 is 0 Å². The predicted molar refractivity (Wildman–Crippen MR) is 114 cm³/mol. The van der Waals surface area contributed by atoms with Crippen LogP contribution in [0.2, 0.25) is 0 Å². The van der Waals surface area contributed by atoms with E-state index in [1.54, 1.807) is 0 Å². The molecule has 1 unspecified atom stereocenters. The van der Waals surface area contributed by atoms with Crippen molar-refractivity contribution in [3.05, 3.63) is 59.2 Å². The SMILES string of the molecule is CCC(Oc1cc(C)cc(C)c1)C(=O)NCCOc1ccc(C(C)(C)C)cc1. The zero-order valence-corrected chi connectivity index (χ0v) is 18.0. The van der Waals surface area contributed by atoms with Crippen LogP contribution < -0.4 is 14.8 Å². The second-order valence-electron chi connectivity index (χ2n) is 8.25. The van der Waals surface area contributed by atoms with Crippen LogP contribution in [0.5, 0.6) is 11.5 Å². The molecule has 1 atom stereocenters. The first-order chi connectivity index (χ1) is 13.2. The van der Waals surface area contributed by atoms with Crippen molar-refractivity contribution >= 4 is 5.91 Å². The number of benzene rings is 2. The third kappa shape index (κ3) is 6.59. The fraction of sp³-hybridized carbons (Fsp3) is 0.458. The van der Waals surface area contributed by atoms with Gasteiger partial charge in [-0.15, -0.1) is 0 Å². The molecule has 0 radical (unpaired) electrons. The Bertz CT molecular complexity index is 755. The van der Waals surface area contributed by atoms with Crippen molar-refractivity contribution in [2.24, 2.45) is 0 Å². The Balaban J connectivity index is 1.80. The maximum absolute atomic E-state index is 12.4. The number of hydrogen-bond donors (Lipinski definition) is 1. The van der Waals surface area contributed by atoms with Crippen molar-refractivity contribution in [1.29, 1.82) is 0 Å². The summed E-state index contributed by atoms with van der Waals surface area (Å²) in [5.74, 6) is 1.42. The summed E-state index contributed by atoms with van der Waals surface area (Å²) >= 11 is 0. The lowest BCUT2D eigenvalue weighted by atomic mass is 9.87. The number of aryl methyl sites for hydroxylation is 2. The van der Waals surface area contributed by atoms with Gasteiger partial charge in [0, 0.05) is 0 Å². The molecule has 0 heterocycles. The van der Waals surface area contributed by atoms with Crippen LogP contribution in [-0.4, -0.2) is 25.2 Å².